The van der Waals surface area contributed by atoms with Crippen LogP contribution in [0.4, 0.5) is 0 Å². The predicted octanol–water partition coefficient (Wildman–Crippen LogP) is 6.78. The second kappa shape index (κ2) is 17.0. The van der Waals surface area contributed by atoms with Crippen molar-refractivity contribution in [2.45, 2.75) is 79.2 Å². The van der Waals surface area contributed by atoms with E-state index in [1.165, 1.54) is 32.1 Å². The lowest BCUT2D eigenvalue weighted by Gasteiger charge is -2.15. The lowest BCUT2D eigenvalue weighted by Crippen LogP contribution is -2.32. The molecule has 0 amide bonds. The summed E-state index contributed by atoms with van der Waals surface area (Å²) in [5, 5.41) is 13.6. The number of hydrogen-bond acceptors (Lipinski definition) is 2. The Labute approximate surface area is 174 Å². The van der Waals surface area contributed by atoms with Gasteiger partial charge in [0, 0.05) is 13.1 Å². The van der Waals surface area contributed by atoms with Crippen LogP contribution in [-0.2, 0) is 0 Å². The molecule has 160 valence electrons. The molecule has 28 heavy (non-hydrogen) atoms. The lowest BCUT2D eigenvalue weighted by molar-refractivity contribution is 0.443. The fourth-order valence-electron chi connectivity index (χ4n) is 3.07. The van der Waals surface area contributed by atoms with Crippen molar-refractivity contribution in [1.29, 1.82) is 0 Å². The number of unbranched alkanes of at least 4 members (excludes halogenated alkanes) is 1. The molecular formula is C24H43N3O. The summed E-state index contributed by atoms with van der Waals surface area (Å²) in [4.78, 5) is 8.73. The van der Waals surface area contributed by atoms with Gasteiger partial charge in [0.2, 0.25) is 5.96 Å². The van der Waals surface area contributed by atoms with Crippen LogP contribution in [0.5, 0.6) is 0 Å². The van der Waals surface area contributed by atoms with Crippen LogP contribution in [0, 0.1) is 5.92 Å². The van der Waals surface area contributed by atoms with Crippen LogP contribution in [0.1, 0.15) is 73.1 Å². The molecule has 1 aliphatic rings. The molecule has 2 atom stereocenters. The Morgan fingerprint density at radius 2 is 1.79 bits per heavy atom. The van der Waals surface area contributed by atoms with Crippen LogP contribution in [0.15, 0.2) is 59.3 Å². The number of hydrogen-bond donors (Lipinski definition) is 2. The van der Waals surface area contributed by atoms with Gasteiger partial charge in [-0.05, 0) is 50.7 Å². The molecule has 1 unspecified atom stereocenters. The van der Waals surface area contributed by atoms with Gasteiger partial charge in [-0.15, -0.1) is 13.2 Å². The van der Waals surface area contributed by atoms with Crippen molar-refractivity contribution in [3.8, 4) is 0 Å². The summed E-state index contributed by atoms with van der Waals surface area (Å²) in [5.74, 6) is 1.43. The number of aliphatic imine (C=N–C) groups is 2. The average Bonchev–Trinajstić information content (AvgIpc) is 3.12. The van der Waals surface area contributed by atoms with E-state index >= 15 is 0 Å². The van der Waals surface area contributed by atoms with Crippen LogP contribution in [-0.4, -0.2) is 29.9 Å². The third-order valence-corrected chi connectivity index (χ3v) is 4.30. The second-order valence-corrected chi connectivity index (χ2v) is 6.83. The molecule has 0 aliphatic heterocycles. The third-order valence-electron chi connectivity index (χ3n) is 4.30. The predicted molar refractivity (Wildman–Crippen MR) is 128 cm³/mol. The third kappa shape index (κ3) is 11.6. The SMILES string of the molecule is C=C.C=C(C)/C=C(O)\C(=N\C(=NC)NC1CC[C@@H](CCCC)C1)C(=C)C.CC. The van der Waals surface area contributed by atoms with Crippen molar-refractivity contribution >= 4 is 11.7 Å². The zero-order valence-electron chi connectivity index (χ0n) is 19.1. The first-order chi connectivity index (χ1) is 13.4. The minimum absolute atomic E-state index is 0.0743. The topological polar surface area (TPSA) is 57.0 Å². The zero-order chi connectivity index (χ0) is 22.1. The van der Waals surface area contributed by atoms with E-state index in [0.29, 0.717) is 23.3 Å². The summed E-state index contributed by atoms with van der Waals surface area (Å²) < 4.78 is 0. The van der Waals surface area contributed by atoms with Gasteiger partial charge in [0.25, 0.3) is 0 Å². The molecule has 1 fully saturated rings. The monoisotopic (exact) mass is 389 g/mol. The molecule has 0 aromatic heterocycles. The van der Waals surface area contributed by atoms with Gasteiger partial charge in [-0.25, -0.2) is 4.99 Å². The van der Waals surface area contributed by atoms with Gasteiger partial charge < -0.3 is 10.4 Å². The summed E-state index contributed by atoms with van der Waals surface area (Å²) in [7, 11) is 1.71. The Morgan fingerprint density at radius 1 is 1.18 bits per heavy atom. The molecule has 1 aliphatic carbocycles. The van der Waals surface area contributed by atoms with Gasteiger partial charge in [-0.1, -0.05) is 58.8 Å². The smallest absolute Gasteiger partial charge is 0.218 e. The summed E-state index contributed by atoms with van der Waals surface area (Å²) >= 11 is 0. The molecule has 0 spiro atoms. The van der Waals surface area contributed by atoms with Crippen LogP contribution < -0.4 is 5.32 Å². The molecular weight excluding hydrogens is 346 g/mol. The molecule has 1 saturated carbocycles. The molecule has 0 aromatic rings. The quantitative estimate of drug-likeness (QED) is 0.166. The summed E-state index contributed by atoms with van der Waals surface area (Å²) in [6, 6.07) is 0.410. The first-order valence-electron chi connectivity index (χ1n) is 10.4. The van der Waals surface area contributed by atoms with Crippen molar-refractivity contribution in [3.05, 3.63) is 49.3 Å². The van der Waals surface area contributed by atoms with Crippen molar-refractivity contribution in [3.63, 3.8) is 0 Å². The van der Waals surface area contributed by atoms with Gasteiger partial charge in [0.1, 0.15) is 11.5 Å². The molecule has 2 N–H and O–H groups in total. The van der Waals surface area contributed by atoms with Crippen LogP contribution >= 0.6 is 0 Å². The van der Waals surface area contributed by atoms with E-state index < -0.39 is 0 Å². The minimum atomic E-state index is 0.0743. The minimum Gasteiger partial charge on any atom is -0.506 e. The number of aliphatic hydroxyl groups is 1. The summed E-state index contributed by atoms with van der Waals surface area (Å²) in [5.41, 5.74) is 1.91. The van der Waals surface area contributed by atoms with Crippen molar-refractivity contribution < 1.29 is 5.11 Å². The Hall–Kier alpha value is -2.10. The van der Waals surface area contributed by atoms with Gasteiger partial charge in [-0.3, -0.25) is 4.99 Å². The largest absolute Gasteiger partial charge is 0.506 e. The highest BCUT2D eigenvalue weighted by Gasteiger charge is 2.25. The molecule has 4 heteroatoms. The molecule has 0 bridgehead atoms. The zero-order valence-corrected chi connectivity index (χ0v) is 19.1. The normalized spacial score (nSPS) is 19.7. The number of nitrogens with zero attached hydrogens (tertiary/aromatic N) is 2. The molecule has 0 radical (unpaired) electrons. The highest BCUT2D eigenvalue weighted by Crippen LogP contribution is 2.29. The van der Waals surface area contributed by atoms with Crippen molar-refractivity contribution in [2.75, 3.05) is 7.05 Å². The highest BCUT2D eigenvalue weighted by molar-refractivity contribution is 6.14. The van der Waals surface area contributed by atoms with Crippen molar-refractivity contribution in [1.82, 2.24) is 5.32 Å². The Bertz CT molecular complexity index is 558. The van der Waals surface area contributed by atoms with E-state index in [1.54, 1.807) is 13.1 Å². The Kier molecular flexibility index (Phi) is 17.1. The van der Waals surface area contributed by atoms with E-state index in [4.69, 9.17) is 0 Å². The lowest BCUT2D eigenvalue weighted by atomic mass is 10.0. The molecule has 0 heterocycles. The van der Waals surface area contributed by atoms with Gasteiger partial charge in [0.15, 0.2) is 0 Å². The maximum Gasteiger partial charge on any atom is 0.218 e. The maximum atomic E-state index is 10.2. The van der Waals surface area contributed by atoms with E-state index in [9.17, 15) is 5.11 Å². The van der Waals surface area contributed by atoms with Crippen LogP contribution in [0.2, 0.25) is 0 Å². The number of rotatable bonds is 7. The molecule has 0 saturated heterocycles. The van der Waals surface area contributed by atoms with E-state index in [1.807, 2.05) is 27.7 Å². The second-order valence-electron chi connectivity index (χ2n) is 6.83. The number of aliphatic hydroxyl groups excluding tert-OH is 1. The van der Waals surface area contributed by atoms with Gasteiger partial charge in [0.05, 0.1) is 0 Å². The van der Waals surface area contributed by atoms with Crippen molar-refractivity contribution in [2.24, 2.45) is 15.9 Å². The van der Waals surface area contributed by atoms with E-state index in [0.717, 1.165) is 17.9 Å². The molecule has 4 nitrogen and oxygen atoms in total. The molecule has 0 aromatic carbocycles. The Morgan fingerprint density at radius 3 is 2.25 bits per heavy atom. The first-order valence-corrected chi connectivity index (χ1v) is 10.4. The highest BCUT2D eigenvalue weighted by atomic mass is 16.3. The maximum absolute atomic E-state index is 10.2. The number of allylic oxidation sites excluding steroid dienone is 3. The summed E-state index contributed by atoms with van der Waals surface area (Å²) in [6.07, 6.45) is 9.07. The Balaban J connectivity index is 0. The van der Waals surface area contributed by atoms with Crippen LogP contribution in [0.25, 0.3) is 0 Å². The number of nitrogens with one attached hydrogen (secondary N) is 1. The van der Waals surface area contributed by atoms with Crippen LogP contribution in [0.3, 0.4) is 0 Å². The standard InChI is InChI=1S/C20H33N3O.C2H6.C2H4/c1-7-8-9-16-10-11-17(13-16)22-20(21-6)23-19(15(4)5)18(24)12-14(2)3;2*1-2/h12,16-17,24H,2,4,7-11,13H2,1,3,5-6H3,(H,21,22);1-2H3;1-2H2/b18-12+,23-19+;;/t16-,17?;;/m1../s1. The molecule has 1 rings (SSSR count). The number of guanidine groups is 1. The van der Waals surface area contributed by atoms with E-state index in [2.05, 4.69) is 48.5 Å². The van der Waals surface area contributed by atoms with Gasteiger partial charge >= 0.3 is 0 Å². The van der Waals surface area contributed by atoms with Gasteiger partial charge in [-0.2, -0.15) is 0 Å². The first kappa shape index (κ1) is 28.1. The summed E-state index contributed by atoms with van der Waals surface area (Å²) in [6.45, 7) is 23.6. The fourth-order valence-corrected chi connectivity index (χ4v) is 3.07. The average molecular weight is 390 g/mol. The fraction of sp³-hybridized carbons (Fsp3) is 0.583. The van der Waals surface area contributed by atoms with E-state index in [-0.39, 0.29) is 5.76 Å².